The summed E-state index contributed by atoms with van der Waals surface area (Å²) in [6, 6.07) is 2.27. The van der Waals surface area contributed by atoms with Crippen LogP contribution in [-0.2, 0) is 0 Å². The Labute approximate surface area is 105 Å². The molecule has 0 aromatic carbocycles. The summed E-state index contributed by atoms with van der Waals surface area (Å²) in [4.78, 5) is 0. The standard InChI is InChI=1S/C15H25NO/c1-9-5-10(2)7-13(6-9)15(16)14-8-11(3)17-12(14)4/h8-10,13,15H,5-7,16H2,1-4H3. The third kappa shape index (κ3) is 2.74. The molecule has 1 aliphatic carbocycles. The summed E-state index contributed by atoms with van der Waals surface area (Å²) in [5.74, 6) is 4.21. The van der Waals surface area contributed by atoms with Crippen molar-refractivity contribution in [3.8, 4) is 0 Å². The van der Waals surface area contributed by atoms with Gasteiger partial charge >= 0.3 is 0 Å². The Bertz CT molecular complexity index is 372. The normalized spacial score (nSPS) is 31.5. The van der Waals surface area contributed by atoms with Gasteiger partial charge in [-0.25, -0.2) is 0 Å². The molecule has 0 bridgehead atoms. The highest BCUT2D eigenvalue weighted by atomic mass is 16.3. The zero-order chi connectivity index (χ0) is 12.6. The van der Waals surface area contributed by atoms with Gasteiger partial charge in [0.05, 0.1) is 0 Å². The van der Waals surface area contributed by atoms with E-state index in [1.165, 1.54) is 24.8 Å². The molecule has 0 saturated heterocycles. The lowest BCUT2D eigenvalue weighted by atomic mass is 9.72. The van der Waals surface area contributed by atoms with Gasteiger partial charge in [0, 0.05) is 11.6 Å². The zero-order valence-corrected chi connectivity index (χ0v) is 11.5. The Balaban J connectivity index is 2.14. The number of hydrogen-bond donors (Lipinski definition) is 1. The van der Waals surface area contributed by atoms with Crippen molar-refractivity contribution in [3.63, 3.8) is 0 Å². The summed E-state index contributed by atoms with van der Waals surface area (Å²) in [6.45, 7) is 8.72. The highest BCUT2D eigenvalue weighted by molar-refractivity contribution is 5.24. The van der Waals surface area contributed by atoms with Crippen LogP contribution in [0.2, 0.25) is 0 Å². The number of aryl methyl sites for hydroxylation is 2. The number of rotatable bonds is 2. The lowest BCUT2D eigenvalue weighted by Crippen LogP contribution is -2.29. The first-order chi connectivity index (χ1) is 7.97. The molecule has 2 N–H and O–H groups in total. The van der Waals surface area contributed by atoms with Crippen LogP contribution < -0.4 is 5.73 Å². The van der Waals surface area contributed by atoms with Crippen LogP contribution in [0.4, 0.5) is 0 Å². The van der Waals surface area contributed by atoms with Crippen LogP contribution >= 0.6 is 0 Å². The number of nitrogens with two attached hydrogens (primary N) is 1. The molecule has 3 atom stereocenters. The van der Waals surface area contributed by atoms with Gasteiger partial charge in [-0.2, -0.15) is 0 Å². The van der Waals surface area contributed by atoms with Crippen LogP contribution in [0.25, 0.3) is 0 Å². The first-order valence-electron chi connectivity index (χ1n) is 6.80. The second-order valence-corrected chi connectivity index (χ2v) is 6.07. The molecule has 1 saturated carbocycles. The van der Waals surface area contributed by atoms with Crippen molar-refractivity contribution >= 4 is 0 Å². The van der Waals surface area contributed by atoms with Crippen LogP contribution in [-0.4, -0.2) is 0 Å². The molecule has 96 valence electrons. The molecule has 2 nitrogen and oxygen atoms in total. The minimum atomic E-state index is 0.151. The average molecular weight is 235 g/mol. The quantitative estimate of drug-likeness (QED) is 0.842. The molecule has 0 aliphatic heterocycles. The maximum Gasteiger partial charge on any atom is 0.105 e. The van der Waals surface area contributed by atoms with E-state index in [2.05, 4.69) is 19.9 Å². The molecule has 0 spiro atoms. The van der Waals surface area contributed by atoms with Gasteiger partial charge in [-0.05, 0) is 56.9 Å². The Morgan fingerprint density at radius 3 is 2.24 bits per heavy atom. The van der Waals surface area contributed by atoms with Crippen LogP contribution in [0.3, 0.4) is 0 Å². The van der Waals surface area contributed by atoms with Crippen LogP contribution in [0.5, 0.6) is 0 Å². The fourth-order valence-corrected chi connectivity index (χ4v) is 3.54. The molecule has 1 fully saturated rings. The van der Waals surface area contributed by atoms with Crippen LogP contribution in [0.15, 0.2) is 10.5 Å². The largest absolute Gasteiger partial charge is 0.466 e. The maximum atomic E-state index is 6.45. The van der Waals surface area contributed by atoms with E-state index in [1.807, 2.05) is 13.8 Å². The van der Waals surface area contributed by atoms with Gasteiger partial charge in [-0.15, -0.1) is 0 Å². The van der Waals surface area contributed by atoms with E-state index >= 15 is 0 Å². The molecule has 0 radical (unpaired) electrons. The minimum Gasteiger partial charge on any atom is -0.466 e. The third-order valence-corrected chi connectivity index (χ3v) is 4.16. The SMILES string of the molecule is Cc1cc(C(N)C2CC(C)CC(C)C2)c(C)o1. The Kier molecular flexibility index (Phi) is 3.62. The van der Waals surface area contributed by atoms with Crippen molar-refractivity contribution in [3.05, 3.63) is 23.2 Å². The first-order valence-corrected chi connectivity index (χ1v) is 6.80. The van der Waals surface area contributed by atoms with E-state index in [-0.39, 0.29) is 6.04 Å². The number of hydrogen-bond acceptors (Lipinski definition) is 2. The predicted octanol–water partition coefficient (Wildman–Crippen LogP) is 3.97. The van der Waals surface area contributed by atoms with Gasteiger partial charge in [-0.1, -0.05) is 13.8 Å². The van der Waals surface area contributed by atoms with E-state index in [0.717, 1.165) is 23.4 Å². The van der Waals surface area contributed by atoms with Crippen molar-refractivity contribution in [2.45, 2.75) is 53.0 Å². The lowest BCUT2D eigenvalue weighted by Gasteiger charge is -2.34. The van der Waals surface area contributed by atoms with Crippen molar-refractivity contribution in [1.82, 2.24) is 0 Å². The third-order valence-electron chi connectivity index (χ3n) is 4.16. The van der Waals surface area contributed by atoms with Crippen LogP contribution in [0, 0.1) is 31.6 Å². The van der Waals surface area contributed by atoms with E-state index in [1.54, 1.807) is 0 Å². The summed E-state index contributed by atoms with van der Waals surface area (Å²) in [5, 5.41) is 0. The maximum absolute atomic E-state index is 6.45. The van der Waals surface area contributed by atoms with Gasteiger partial charge < -0.3 is 10.2 Å². The van der Waals surface area contributed by atoms with Crippen molar-refractivity contribution in [1.29, 1.82) is 0 Å². The predicted molar refractivity (Wildman–Crippen MR) is 70.8 cm³/mol. The molecule has 1 aliphatic rings. The molecular formula is C15H25NO. The average Bonchev–Trinajstić information content (AvgIpc) is 2.55. The Morgan fingerprint density at radius 1 is 1.18 bits per heavy atom. The smallest absolute Gasteiger partial charge is 0.105 e. The fourth-order valence-electron chi connectivity index (χ4n) is 3.54. The van der Waals surface area contributed by atoms with E-state index < -0.39 is 0 Å². The second-order valence-electron chi connectivity index (χ2n) is 6.07. The topological polar surface area (TPSA) is 39.2 Å². The molecule has 2 heteroatoms. The number of furan rings is 1. The molecular weight excluding hydrogens is 210 g/mol. The summed E-state index contributed by atoms with van der Waals surface area (Å²) in [7, 11) is 0. The van der Waals surface area contributed by atoms with E-state index in [0.29, 0.717) is 5.92 Å². The highest BCUT2D eigenvalue weighted by Gasteiger charge is 2.30. The zero-order valence-electron chi connectivity index (χ0n) is 11.5. The summed E-state index contributed by atoms with van der Waals surface area (Å²) >= 11 is 0. The Morgan fingerprint density at radius 2 is 1.76 bits per heavy atom. The molecule has 3 unspecified atom stereocenters. The molecule has 1 heterocycles. The van der Waals surface area contributed by atoms with Crippen molar-refractivity contribution < 1.29 is 4.42 Å². The van der Waals surface area contributed by atoms with Gasteiger partial charge in [0.1, 0.15) is 11.5 Å². The van der Waals surface area contributed by atoms with Crippen LogP contribution in [0.1, 0.15) is 56.2 Å². The van der Waals surface area contributed by atoms with Gasteiger partial charge in [0.25, 0.3) is 0 Å². The van der Waals surface area contributed by atoms with Crippen molar-refractivity contribution in [2.24, 2.45) is 23.5 Å². The minimum absolute atomic E-state index is 0.151. The molecule has 2 rings (SSSR count). The Hall–Kier alpha value is -0.760. The summed E-state index contributed by atoms with van der Waals surface area (Å²) in [6.07, 6.45) is 3.87. The van der Waals surface area contributed by atoms with Gasteiger partial charge in [0.15, 0.2) is 0 Å². The summed E-state index contributed by atoms with van der Waals surface area (Å²) in [5.41, 5.74) is 7.66. The monoisotopic (exact) mass is 235 g/mol. The van der Waals surface area contributed by atoms with E-state index in [4.69, 9.17) is 10.2 Å². The molecule has 1 aromatic rings. The fraction of sp³-hybridized carbons (Fsp3) is 0.733. The van der Waals surface area contributed by atoms with Crippen molar-refractivity contribution in [2.75, 3.05) is 0 Å². The summed E-state index contributed by atoms with van der Waals surface area (Å²) < 4.78 is 5.60. The van der Waals surface area contributed by atoms with Gasteiger partial charge in [0.2, 0.25) is 0 Å². The second kappa shape index (κ2) is 4.85. The lowest BCUT2D eigenvalue weighted by molar-refractivity contribution is 0.192. The molecule has 0 amide bonds. The first kappa shape index (κ1) is 12.7. The highest BCUT2D eigenvalue weighted by Crippen LogP contribution is 2.39. The van der Waals surface area contributed by atoms with Gasteiger partial charge in [-0.3, -0.25) is 0 Å². The molecule has 17 heavy (non-hydrogen) atoms. The molecule has 1 aromatic heterocycles. The van der Waals surface area contributed by atoms with E-state index in [9.17, 15) is 0 Å².